The summed E-state index contributed by atoms with van der Waals surface area (Å²) in [5.41, 5.74) is 6.01. The van der Waals surface area contributed by atoms with Crippen LogP contribution < -0.4 is 5.73 Å². The van der Waals surface area contributed by atoms with Crippen molar-refractivity contribution in [3.8, 4) is 0 Å². The van der Waals surface area contributed by atoms with Gasteiger partial charge in [0.15, 0.2) is 0 Å². The molecule has 3 atom stereocenters. The summed E-state index contributed by atoms with van der Waals surface area (Å²) in [6.07, 6.45) is 6.94. The summed E-state index contributed by atoms with van der Waals surface area (Å²) in [5, 5.41) is 9.43. The molecule has 0 heterocycles. The second kappa shape index (κ2) is 3.58. The van der Waals surface area contributed by atoms with Gasteiger partial charge < -0.3 is 10.8 Å². The van der Waals surface area contributed by atoms with Gasteiger partial charge in [0, 0.05) is 11.5 Å². The molecule has 0 amide bonds. The summed E-state index contributed by atoms with van der Waals surface area (Å²) in [7, 11) is 0. The van der Waals surface area contributed by atoms with Crippen LogP contribution in [0.25, 0.3) is 0 Å². The van der Waals surface area contributed by atoms with E-state index in [4.69, 9.17) is 5.73 Å². The molecule has 3 N–H and O–H groups in total. The molecule has 70 valence electrons. The molecule has 1 aliphatic carbocycles. The molecule has 0 aromatic heterocycles. The van der Waals surface area contributed by atoms with Crippen LogP contribution in [-0.2, 0) is 0 Å². The highest BCUT2D eigenvalue weighted by Gasteiger charge is 2.33. The zero-order valence-electron chi connectivity index (χ0n) is 7.96. The van der Waals surface area contributed by atoms with E-state index in [0.717, 1.165) is 19.3 Å². The quantitative estimate of drug-likeness (QED) is 0.614. The van der Waals surface area contributed by atoms with Crippen LogP contribution >= 0.6 is 0 Å². The number of aliphatic hydroxyl groups excluding tert-OH is 1. The molecule has 1 aliphatic rings. The molecular formula is C10H19NO. The van der Waals surface area contributed by atoms with Gasteiger partial charge in [0.05, 0.1) is 6.10 Å². The van der Waals surface area contributed by atoms with Gasteiger partial charge in [0.2, 0.25) is 0 Å². The maximum Gasteiger partial charge on any atom is 0.0555 e. The minimum atomic E-state index is -0.304. The number of rotatable bonds is 2. The molecule has 2 nitrogen and oxygen atoms in total. The first-order valence-corrected chi connectivity index (χ1v) is 4.68. The summed E-state index contributed by atoms with van der Waals surface area (Å²) < 4.78 is 0. The van der Waals surface area contributed by atoms with E-state index in [1.165, 1.54) is 0 Å². The normalized spacial score (nSPS) is 34.7. The minimum Gasteiger partial charge on any atom is -0.393 e. The van der Waals surface area contributed by atoms with Gasteiger partial charge in [-0.2, -0.15) is 0 Å². The number of hydrogen-bond donors (Lipinski definition) is 2. The van der Waals surface area contributed by atoms with Crippen molar-refractivity contribution in [3.05, 3.63) is 12.2 Å². The van der Waals surface area contributed by atoms with Gasteiger partial charge in [0.1, 0.15) is 0 Å². The van der Waals surface area contributed by atoms with Crippen molar-refractivity contribution in [2.24, 2.45) is 11.7 Å². The molecular weight excluding hydrogens is 150 g/mol. The van der Waals surface area contributed by atoms with Crippen molar-refractivity contribution >= 4 is 0 Å². The molecule has 0 fully saturated rings. The molecule has 0 saturated heterocycles. The topological polar surface area (TPSA) is 46.2 Å². The lowest BCUT2D eigenvalue weighted by Gasteiger charge is -2.38. The number of aliphatic hydroxyl groups is 1. The van der Waals surface area contributed by atoms with Gasteiger partial charge in [-0.15, -0.1) is 0 Å². The van der Waals surface area contributed by atoms with Crippen LogP contribution in [0, 0.1) is 5.92 Å². The van der Waals surface area contributed by atoms with Gasteiger partial charge in [-0.25, -0.2) is 0 Å². The Labute approximate surface area is 74.5 Å². The first-order chi connectivity index (χ1) is 5.56. The molecule has 0 aromatic rings. The van der Waals surface area contributed by atoms with E-state index < -0.39 is 0 Å². The average molecular weight is 169 g/mol. The van der Waals surface area contributed by atoms with Crippen LogP contribution in [0.2, 0.25) is 0 Å². The van der Waals surface area contributed by atoms with Crippen LogP contribution in [-0.4, -0.2) is 16.7 Å². The highest BCUT2D eigenvalue weighted by atomic mass is 16.3. The number of nitrogens with two attached hydrogens (primary N) is 1. The van der Waals surface area contributed by atoms with E-state index >= 15 is 0 Å². The van der Waals surface area contributed by atoms with E-state index in [1.807, 2.05) is 13.8 Å². The van der Waals surface area contributed by atoms with Gasteiger partial charge in [0.25, 0.3) is 0 Å². The van der Waals surface area contributed by atoms with Crippen molar-refractivity contribution in [1.29, 1.82) is 0 Å². The molecule has 0 spiro atoms. The van der Waals surface area contributed by atoms with E-state index in [9.17, 15) is 5.11 Å². The Morgan fingerprint density at radius 3 is 2.50 bits per heavy atom. The number of allylic oxidation sites excluding steroid dienone is 1. The molecule has 0 saturated carbocycles. The predicted molar refractivity (Wildman–Crippen MR) is 50.8 cm³/mol. The van der Waals surface area contributed by atoms with Crippen LogP contribution in [0.5, 0.6) is 0 Å². The molecule has 2 heteroatoms. The second-order valence-corrected chi connectivity index (χ2v) is 3.98. The Morgan fingerprint density at radius 1 is 1.42 bits per heavy atom. The minimum absolute atomic E-state index is 0.178. The Hall–Kier alpha value is -0.340. The second-order valence-electron chi connectivity index (χ2n) is 3.98. The molecule has 12 heavy (non-hydrogen) atoms. The van der Waals surface area contributed by atoms with Crippen LogP contribution in [0.4, 0.5) is 0 Å². The molecule has 3 unspecified atom stereocenters. The standard InChI is InChI=1S/C10H19NO/c1-8(9(2)12)10(11)6-4-3-5-7-10/h3-4,8-9,12H,5-7,11H2,1-2H3. The highest BCUT2D eigenvalue weighted by Crippen LogP contribution is 2.30. The van der Waals surface area contributed by atoms with Gasteiger partial charge in [-0.05, 0) is 26.2 Å². The van der Waals surface area contributed by atoms with Crippen LogP contribution in [0.1, 0.15) is 33.1 Å². The van der Waals surface area contributed by atoms with Gasteiger partial charge >= 0.3 is 0 Å². The Morgan fingerprint density at radius 2 is 2.08 bits per heavy atom. The Kier molecular flexibility index (Phi) is 2.91. The Balaban J connectivity index is 2.64. The van der Waals surface area contributed by atoms with Gasteiger partial charge in [-0.1, -0.05) is 19.1 Å². The summed E-state index contributed by atoms with van der Waals surface area (Å²) in [6, 6.07) is 0. The fourth-order valence-electron chi connectivity index (χ4n) is 1.77. The van der Waals surface area contributed by atoms with Crippen molar-refractivity contribution in [1.82, 2.24) is 0 Å². The third kappa shape index (κ3) is 1.87. The summed E-state index contributed by atoms with van der Waals surface area (Å²) in [6.45, 7) is 3.85. The maximum atomic E-state index is 9.43. The Bertz CT molecular complexity index is 177. The van der Waals surface area contributed by atoms with E-state index in [0.29, 0.717) is 0 Å². The third-order valence-electron chi connectivity index (χ3n) is 3.07. The fraction of sp³-hybridized carbons (Fsp3) is 0.800. The zero-order chi connectivity index (χ0) is 9.19. The SMILES string of the molecule is CC(O)C(C)C1(N)CC=CCC1. The van der Waals surface area contributed by atoms with E-state index in [-0.39, 0.29) is 17.6 Å². The molecule has 0 radical (unpaired) electrons. The maximum absolute atomic E-state index is 9.43. The highest BCUT2D eigenvalue weighted by molar-refractivity contribution is 5.04. The molecule has 0 bridgehead atoms. The predicted octanol–water partition coefficient (Wildman–Crippen LogP) is 1.44. The lowest BCUT2D eigenvalue weighted by molar-refractivity contribution is 0.0786. The van der Waals surface area contributed by atoms with Crippen LogP contribution in [0.3, 0.4) is 0 Å². The lowest BCUT2D eigenvalue weighted by Crippen LogP contribution is -2.50. The largest absolute Gasteiger partial charge is 0.393 e. The smallest absolute Gasteiger partial charge is 0.0555 e. The van der Waals surface area contributed by atoms with Crippen molar-refractivity contribution in [2.75, 3.05) is 0 Å². The van der Waals surface area contributed by atoms with Crippen molar-refractivity contribution < 1.29 is 5.11 Å². The first kappa shape index (κ1) is 9.75. The monoisotopic (exact) mass is 169 g/mol. The van der Waals surface area contributed by atoms with Crippen molar-refractivity contribution in [3.63, 3.8) is 0 Å². The van der Waals surface area contributed by atoms with Crippen molar-refractivity contribution in [2.45, 2.75) is 44.8 Å². The van der Waals surface area contributed by atoms with Gasteiger partial charge in [-0.3, -0.25) is 0 Å². The third-order valence-corrected chi connectivity index (χ3v) is 3.07. The lowest BCUT2D eigenvalue weighted by atomic mass is 9.75. The van der Waals surface area contributed by atoms with E-state index in [2.05, 4.69) is 12.2 Å². The molecule has 1 rings (SSSR count). The molecule has 0 aromatic carbocycles. The number of hydrogen-bond acceptors (Lipinski definition) is 2. The average Bonchev–Trinajstić information content (AvgIpc) is 2.04. The summed E-state index contributed by atoms with van der Waals surface area (Å²) in [5.74, 6) is 0.183. The molecule has 0 aliphatic heterocycles. The van der Waals surface area contributed by atoms with Crippen LogP contribution in [0.15, 0.2) is 12.2 Å². The summed E-state index contributed by atoms with van der Waals surface area (Å²) in [4.78, 5) is 0. The first-order valence-electron chi connectivity index (χ1n) is 4.68. The van der Waals surface area contributed by atoms with E-state index in [1.54, 1.807) is 0 Å². The summed E-state index contributed by atoms with van der Waals surface area (Å²) >= 11 is 0. The fourth-order valence-corrected chi connectivity index (χ4v) is 1.77. The zero-order valence-corrected chi connectivity index (χ0v) is 7.96.